The Morgan fingerprint density at radius 2 is 2.19 bits per heavy atom. The molecule has 27 heavy (non-hydrogen) atoms. The van der Waals surface area contributed by atoms with Crippen molar-refractivity contribution in [2.45, 2.75) is 64.0 Å². The number of anilines is 1. The summed E-state index contributed by atoms with van der Waals surface area (Å²) in [7, 11) is 0. The van der Waals surface area contributed by atoms with Crippen molar-refractivity contribution in [2.75, 3.05) is 25.0 Å². The Morgan fingerprint density at radius 1 is 1.37 bits per heavy atom. The van der Waals surface area contributed by atoms with E-state index in [9.17, 15) is 4.79 Å². The molecule has 0 radical (unpaired) electrons. The van der Waals surface area contributed by atoms with Crippen molar-refractivity contribution in [3.8, 4) is 6.07 Å². The molecule has 6 heteroatoms. The van der Waals surface area contributed by atoms with Crippen LogP contribution < -0.4 is 5.32 Å². The van der Waals surface area contributed by atoms with E-state index in [1.54, 1.807) is 18.3 Å². The number of amides is 1. The average Bonchev–Trinajstić information content (AvgIpc) is 2.73. The van der Waals surface area contributed by atoms with E-state index in [-0.39, 0.29) is 18.1 Å². The third-order valence-corrected chi connectivity index (χ3v) is 5.57. The molecule has 0 spiro atoms. The number of nitrogens with zero attached hydrogens (tertiary/aromatic N) is 3. The van der Waals surface area contributed by atoms with Gasteiger partial charge in [0.2, 0.25) is 5.91 Å². The standard InChI is InChI=1S/C21H30N4O2/c1-2-12-27-19-14-17(21(26)25-10-4-3-5-11-25)6-7-18(19)24-20-13-16(15-22)8-9-23-20/h8-9,13,17-19H,2-7,10-12,14H2,1H3,(H,23,24)/t17-,18+,19+/m0/s1. The summed E-state index contributed by atoms with van der Waals surface area (Å²) in [4.78, 5) is 19.3. The highest BCUT2D eigenvalue weighted by molar-refractivity contribution is 5.79. The minimum atomic E-state index is -0.00928. The highest BCUT2D eigenvalue weighted by Crippen LogP contribution is 2.31. The molecule has 3 atom stereocenters. The van der Waals surface area contributed by atoms with Gasteiger partial charge in [-0.15, -0.1) is 0 Å². The number of likely N-dealkylation sites (tertiary alicyclic amines) is 1. The maximum absolute atomic E-state index is 12.9. The largest absolute Gasteiger partial charge is 0.376 e. The molecule has 1 aromatic heterocycles. The summed E-state index contributed by atoms with van der Waals surface area (Å²) in [5.74, 6) is 1.06. The molecule has 6 nitrogen and oxygen atoms in total. The Labute approximate surface area is 161 Å². The van der Waals surface area contributed by atoms with Crippen LogP contribution in [0.4, 0.5) is 5.82 Å². The number of nitriles is 1. The maximum atomic E-state index is 12.9. The van der Waals surface area contributed by atoms with Crippen LogP contribution in [-0.4, -0.2) is 47.6 Å². The molecule has 1 amide bonds. The van der Waals surface area contributed by atoms with E-state index in [0.717, 1.165) is 51.6 Å². The van der Waals surface area contributed by atoms with Crippen molar-refractivity contribution in [2.24, 2.45) is 5.92 Å². The smallest absolute Gasteiger partial charge is 0.225 e. The van der Waals surface area contributed by atoms with Crippen molar-refractivity contribution >= 4 is 11.7 Å². The normalized spacial score (nSPS) is 25.6. The van der Waals surface area contributed by atoms with E-state index in [1.807, 2.05) is 0 Å². The third-order valence-electron chi connectivity index (χ3n) is 5.57. The molecule has 1 aliphatic heterocycles. The lowest BCUT2D eigenvalue weighted by Crippen LogP contribution is -2.47. The minimum Gasteiger partial charge on any atom is -0.376 e. The molecule has 2 heterocycles. The van der Waals surface area contributed by atoms with Crippen LogP contribution in [0.2, 0.25) is 0 Å². The summed E-state index contributed by atoms with van der Waals surface area (Å²) in [5, 5.41) is 12.5. The third kappa shape index (κ3) is 5.20. The molecule has 1 aromatic rings. The molecular formula is C21H30N4O2. The summed E-state index contributed by atoms with van der Waals surface area (Å²) in [6.07, 6.45) is 8.57. The van der Waals surface area contributed by atoms with Crippen molar-refractivity contribution in [1.82, 2.24) is 9.88 Å². The zero-order chi connectivity index (χ0) is 19.1. The second kappa shape index (κ2) is 9.70. The number of nitrogens with one attached hydrogen (secondary N) is 1. The van der Waals surface area contributed by atoms with Gasteiger partial charge in [-0.05, 0) is 57.1 Å². The predicted molar refractivity (Wildman–Crippen MR) is 104 cm³/mol. The number of pyridine rings is 1. The highest BCUT2D eigenvalue weighted by atomic mass is 16.5. The Balaban J connectivity index is 1.65. The lowest BCUT2D eigenvalue weighted by molar-refractivity contribution is -0.139. The van der Waals surface area contributed by atoms with Gasteiger partial charge >= 0.3 is 0 Å². The number of hydrogen-bond donors (Lipinski definition) is 1. The number of ether oxygens (including phenoxy) is 1. The van der Waals surface area contributed by atoms with Gasteiger partial charge in [-0.25, -0.2) is 4.98 Å². The fraction of sp³-hybridized carbons (Fsp3) is 0.667. The van der Waals surface area contributed by atoms with Gasteiger partial charge in [0.15, 0.2) is 0 Å². The molecular weight excluding hydrogens is 340 g/mol. The SMILES string of the molecule is CCCO[C@@H]1C[C@@H](C(=O)N2CCCCC2)CC[C@H]1Nc1cc(C#N)ccn1. The predicted octanol–water partition coefficient (Wildman–Crippen LogP) is 3.34. The van der Waals surface area contributed by atoms with E-state index in [1.165, 1.54) is 6.42 Å². The Bertz CT molecular complexity index is 666. The second-order valence-electron chi connectivity index (χ2n) is 7.60. The molecule has 146 valence electrons. The summed E-state index contributed by atoms with van der Waals surface area (Å²) >= 11 is 0. The lowest BCUT2D eigenvalue weighted by Gasteiger charge is -2.38. The zero-order valence-corrected chi connectivity index (χ0v) is 16.2. The number of carbonyl (C=O) groups excluding carboxylic acids is 1. The van der Waals surface area contributed by atoms with Crippen LogP contribution in [0.5, 0.6) is 0 Å². The van der Waals surface area contributed by atoms with Gasteiger partial charge in [0.05, 0.1) is 23.8 Å². The Morgan fingerprint density at radius 3 is 2.93 bits per heavy atom. The van der Waals surface area contributed by atoms with Crippen LogP contribution in [-0.2, 0) is 9.53 Å². The maximum Gasteiger partial charge on any atom is 0.225 e. The van der Waals surface area contributed by atoms with Crippen LogP contribution in [0.3, 0.4) is 0 Å². The summed E-state index contributed by atoms with van der Waals surface area (Å²) in [5.41, 5.74) is 0.590. The highest BCUT2D eigenvalue weighted by Gasteiger charge is 2.36. The summed E-state index contributed by atoms with van der Waals surface area (Å²) < 4.78 is 6.12. The fourth-order valence-corrected chi connectivity index (χ4v) is 4.11. The van der Waals surface area contributed by atoms with Crippen LogP contribution in [0.25, 0.3) is 0 Å². The first-order valence-corrected chi connectivity index (χ1v) is 10.2. The minimum absolute atomic E-state index is 0.00928. The van der Waals surface area contributed by atoms with Gasteiger partial charge < -0.3 is 15.0 Å². The monoisotopic (exact) mass is 370 g/mol. The molecule has 1 saturated carbocycles. The van der Waals surface area contributed by atoms with Crippen LogP contribution >= 0.6 is 0 Å². The van der Waals surface area contributed by atoms with Crippen LogP contribution in [0.15, 0.2) is 18.3 Å². The molecule has 2 fully saturated rings. The van der Waals surface area contributed by atoms with Crippen molar-refractivity contribution < 1.29 is 9.53 Å². The van der Waals surface area contributed by atoms with Gasteiger partial charge in [-0.2, -0.15) is 5.26 Å². The zero-order valence-electron chi connectivity index (χ0n) is 16.2. The molecule has 1 N–H and O–H groups in total. The van der Waals surface area contributed by atoms with E-state index < -0.39 is 0 Å². The van der Waals surface area contributed by atoms with Crippen LogP contribution in [0, 0.1) is 17.2 Å². The number of rotatable bonds is 6. The van der Waals surface area contributed by atoms with Gasteiger partial charge in [0.1, 0.15) is 5.82 Å². The van der Waals surface area contributed by atoms with Gasteiger partial charge in [0, 0.05) is 31.8 Å². The molecule has 3 rings (SSSR count). The Kier molecular flexibility index (Phi) is 7.05. The van der Waals surface area contributed by atoms with E-state index >= 15 is 0 Å². The summed E-state index contributed by atoms with van der Waals surface area (Å²) in [6.45, 7) is 4.60. The molecule has 1 aliphatic carbocycles. The quantitative estimate of drug-likeness (QED) is 0.831. The first-order valence-electron chi connectivity index (χ1n) is 10.2. The van der Waals surface area contributed by atoms with Gasteiger partial charge in [-0.3, -0.25) is 4.79 Å². The van der Waals surface area contributed by atoms with E-state index in [0.29, 0.717) is 23.9 Å². The van der Waals surface area contributed by atoms with Crippen molar-refractivity contribution in [1.29, 1.82) is 5.26 Å². The Hall–Kier alpha value is -2.13. The molecule has 0 bridgehead atoms. The van der Waals surface area contributed by atoms with Crippen molar-refractivity contribution in [3.05, 3.63) is 23.9 Å². The fourth-order valence-electron chi connectivity index (χ4n) is 4.11. The van der Waals surface area contributed by atoms with Crippen LogP contribution in [0.1, 0.15) is 57.4 Å². The molecule has 1 saturated heterocycles. The van der Waals surface area contributed by atoms with E-state index in [4.69, 9.17) is 10.00 Å². The number of aromatic nitrogens is 1. The first-order chi connectivity index (χ1) is 13.2. The second-order valence-corrected chi connectivity index (χ2v) is 7.60. The van der Waals surface area contributed by atoms with E-state index in [2.05, 4.69) is 28.2 Å². The lowest BCUT2D eigenvalue weighted by atomic mass is 9.82. The number of piperidine rings is 1. The topological polar surface area (TPSA) is 78.2 Å². The first kappa shape index (κ1) is 19.6. The number of hydrogen-bond acceptors (Lipinski definition) is 5. The molecule has 0 aromatic carbocycles. The number of carbonyl (C=O) groups is 1. The summed E-state index contributed by atoms with van der Waals surface area (Å²) in [6, 6.07) is 5.73. The van der Waals surface area contributed by atoms with Gasteiger partial charge in [-0.1, -0.05) is 6.92 Å². The van der Waals surface area contributed by atoms with Gasteiger partial charge in [0.25, 0.3) is 0 Å². The van der Waals surface area contributed by atoms with Crippen molar-refractivity contribution in [3.63, 3.8) is 0 Å². The average molecular weight is 370 g/mol. The molecule has 2 aliphatic rings. The molecule has 0 unspecified atom stereocenters.